The van der Waals surface area contributed by atoms with Gasteiger partial charge in [-0.1, -0.05) is 17.3 Å². The number of aliphatic carboxylic acids is 1. The van der Waals surface area contributed by atoms with Crippen LogP contribution >= 0.6 is 0 Å². The van der Waals surface area contributed by atoms with E-state index in [1.165, 1.54) is 25.7 Å². The maximum Gasteiger partial charge on any atom is 0.303 e. The smallest absolute Gasteiger partial charge is 0.303 e. The topological polar surface area (TPSA) is 106 Å². The second kappa shape index (κ2) is 10.0. The van der Waals surface area contributed by atoms with Crippen LogP contribution in [0.2, 0.25) is 0 Å². The van der Waals surface area contributed by atoms with Crippen molar-refractivity contribution in [2.24, 2.45) is 22.4 Å². The summed E-state index contributed by atoms with van der Waals surface area (Å²) in [4.78, 5) is 38.4. The molecule has 6 aliphatic rings. The minimum Gasteiger partial charge on any atom is -0.481 e. The largest absolute Gasteiger partial charge is 0.481 e. The quantitative estimate of drug-likeness (QED) is 0.266. The number of carboxylic acids is 1. The first-order valence-corrected chi connectivity index (χ1v) is 14.9. The minimum absolute atomic E-state index is 0.0462. The summed E-state index contributed by atoms with van der Waals surface area (Å²) in [7, 11) is 1.57. The molecule has 4 aliphatic carbocycles. The van der Waals surface area contributed by atoms with E-state index in [0.29, 0.717) is 29.6 Å². The normalized spacial score (nSPS) is 29.6. The molecule has 212 valence electrons. The monoisotopic (exact) mass is 546 g/mol. The van der Waals surface area contributed by atoms with Gasteiger partial charge in [0.1, 0.15) is 12.3 Å². The van der Waals surface area contributed by atoms with Crippen molar-refractivity contribution in [3.8, 4) is 0 Å². The fraction of sp³-hybridized carbons (Fsp3) is 0.613. The third-order valence-electron chi connectivity index (χ3n) is 10.4. The summed E-state index contributed by atoms with van der Waals surface area (Å²) in [5, 5.41) is 13.5. The average Bonchev–Trinajstić information content (AvgIpc) is 3.74. The van der Waals surface area contributed by atoms with Crippen LogP contribution < -0.4 is 5.56 Å². The molecule has 2 aromatic rings. The van der Waals surface area contributed by atoms with Crippen LogP contribution in [0.25, 0.3) is 11.0 Å². The Bertz CT molecular complexity index is 1410. The third kappa shape index (κ3) is 4.16. The standard InChI is InChI=1S/C31H38N4O5/c1-39-13-14-40-33-26(9-10-28(36)37)29-30(38)35(27-8-3-2-7-25(27)32-29)21-15-19-5-4-6-20(16-21)34(19)18-22-23-17-24(22)31(23)11-12-31/h2-3,7-8,18-21,23-24H,4-6,9-17H2,1H3,(H,36,37)/b22-18?,33-26+/t19-,20+,21?,23?,24?. The molecule has 5 atom stereocenters. The Hall–Kier alpha value is -3.20. The summed E-state index contributed by atoms with van der Waals surface area (Å²) in [5.74, 6) is 0.733. The van der Waals surface area contributed by atoms with E-state index in [2.05, 4.69) is 16.3 Å². The molecule has 1 aromatic carbocycles. The SMILES string of the molecule is COCCO/N=C(\CCC(=O)O)c1nc2ccccc2n(C2C[C@H]3CCC[C@@H](C2)N3C=C2C3CC2C32CC2)c1=O. The number of piperidine rings is 2. The number of benzene rings is 1. The molecule has 0 radical (unpaired) electrons. The number of para-hydroxylation sites is 2. The Morgan fingerprint density at radius 2 is 1.85 bits per heavy atom. The molecule has 2 saturated heterocycles. The van der Waals surface area contributed by atoms with Crippen molar-refractivity contribution in [2.75, 3.05) is 20.3 Å². The van der Waals surface area contributed by atoms with E-state index in [9.17, 15) is 14.7 Å². The molecule has 3 heterocycles. The number of carboxylic acid groups (broad SMARTS) is 1. The van der Waals surface area contributed by atoms with E-state index in [0.717, 1.165) is 43.0 Å². The number of aromatic nitrogens is 2. The summed E-state index contributed by atoms with van der Waals surface area (Å²) in [6.45, 7) is 0.542. The number of hydrogen-bond donors (Lipinski definition) is 1. The highest BCUT2D eigenvalue weighted by molar-refractivity contribution is 6.00. The van der Waals surface area contributed by atoms with Crippen molar-refractivity contribution in [3.05, 3.63) is 52.1 Å². The van der Waals surface area contributed by atoms with E-state index in [1.807, 2.05) is 28.8 Å². The predicted octanol–water partition coefficient (Wildman–Crippen LogP) is 4.50. The van der Waals surface area contributed by atoms with Crippen LogP contribution in [0.4, 0.5) is 0 Å². The molecule has 8 rings (SSSR count). The molecule has 2 aliphatic heterocycles. The predicted molar refractivity (Wildman–Crippen MR) is 150 cm³/mol. The summed E-state index contributed by atoms with van der Waals surface area (Å²) in [6.07, 6.45) is 12.1. The summed E-state index contributed by atoms with van der Waals surface area (Å²) in [6, 6.07) is 8.65. The number of methoxy groups -OCH3 is 1. The van der Waals surface area contributed by atoms with Crippen LogP contribution in [-0.4, -0.2) is 63.6 Å². The molecule has 4 saturated carbocycles. The van der Waals surface area contributed by atoms with Gasteiger partial charge in [0.25, 0.3) is 5.56 Å². The van der Waals surface area contributed by atoms with Crippen molar-refractivity contribution in [2.45, 2.75) is 82.3 Å². The Morgan fingerprint density at radius 1 is 1.10 bits per heavy atom. The maximum absolute atomic E-state index is 14.2. The second-order valence-electron chi connectivity index (χ2n) is 12.4. The van der Waals surface area contributed by atoms with E-state index in [1.54, 1.807) is 12.7 Å². The lowest BCUT2D eigenvalue weighted by atomic mass is 9.42. The molecule has 40 heavy (non-hydrogen) atoms. The van der Waals surface area contributed by atoms with Gasteiger partial charge < -0.3 is 24.1 Å². The van der Waals surface area contributed by atoms with Crippen LogP contribution in [-0.2, 0) is 14.4 Å². The van der Waals surface area contributed by atoms with Gasteiger partial charge in [-0.05, 0) is 92.5 Å². The molecule has 0 amide bonds. The Labute approximate surface area is 233 Å². The van der Waals surface area contributed by atoms with Crippen molar-refractivity contribution in [1.29, 1.82) is 0 Å². The highest BCUT2D eigenvalue weighted by atomic mass is 16.6. The molecule has 1 spiro atoms. The van der Waals surface area contributed by atoms with Crippen molar-refractivity contribution in [3.63, 3.8) is 0 Å². The number of carbonyl (C=O) groups is 1. The van der Waals surface area contributed by atoms with Crippen LogP contribution in [0, 0.1) is 17.3 Å². The first-order chi connectivity index (χ1) is 19.5. The van der Waals surface area contributed by atoms with Crippen molar-refractivity contribution < 1.29 is 19.5 Å². The zero-order valence-corrected chi connectivity index (χ0v) is 23.1. The third-order valence-corrected chi connectivity index (χ3v) is 10.4. The molecule has 1 aromatic heterocycles. The second-order valence-corrected chi connectivity index (χ2v) is 12.4. The van der Waals surface area contributed by atoms with E-state index in [-0.39, 0.29) is 42.5 Å². The van der Waals surface area contributed by atoms with E-state index < -0.39 is 5.97 Å². The molecule has 9 nitrogen and oxygen atoms in total. The van der Waals surface area contributed by atoms with Gasteiger partial charge in [-0.25, -0.2) is 4.98 Å². The lowest BCUT2D eigenvalue weighted by molar-refractivity contribution is -0.136. The molecule has 9 heteroatoms. The number of hydrogen-bond acceptors (Lipinski definition) is 7. The van der Waals surface area contributed by atoms with E-state index in [4.69, 9.17) is 14.6 Å². The number of rotatable bonds is 10. The Morgan fingerprint density at radius 3 is 2.52 bits per heavy atom. The fourth-order valence-electron chi connectivity index (χ4n) is 8.09. The molecular weight excluding hydrogens is 508 g/mol. The number of allylic oxidation sites excluding steroid dienone is 1. The van der Waals surface area contributed by atoms with Gasteiger partial charge in [-0.3, -0.25) is 9.59 Å². The Kier molecular flexibility index (Phi) is 6.45. The summed E-state index contributed by atoms with van der Waals surface area (Å²) in [5.41, 5.74) is 4.17. The van der Waals surface area contributed by atoms with Gasteiger partial charge in [-0.15, -0.1) is 0 Å². The van der Waals surface area contributed by atoms with Gasteiger partial charge in [0.15, 0.2) is 5.69 Å². The van der Waals surface area contributed by atoms with Crippen molar-refractivity contribution in [1.82, 2.24) is 14.5 Å². The number of nitrogens with zero attached hydrogens (tertiary/aromatic N) is 4. The van der Waals surface area contributed by atoms with Crippen molar-refractivity contribution >= 4 is 22.7 Å². The molecule has 3 unspecified atom stereocenters. The number of ether oxygens (including phenoxy) is 1. The van der Waals surface area contributed by atoms with Gasteiger partial charge >= 0.3 is 5.97 Å². The van der Waals surface area contributed by atoms with Crippen LogP contribution in [0.1, 0.15) is 75.9 Å². The Balaban J connectivity index is 1.22. The first-order valence-electron chi connectivity index (χ1n) is 14.9. The zero-order valence-electron chi connectivity index (χ0n) is 23.1. The molecule has 1 N–H and O–H groups in total. The minimum atomic E-state index is -0.961. The highest BCUT2D eigenvalue weighted by Crippen LogP contribution is 2.82. The first kappa shape index (κ1) is 25.7. The average molecular weight is 547 g/mol. The highest BCUT2D eigenvalue weighted by Gasteiger charge is 2.74. The van der Waals surface area contributed by atoms with Gasteiger partial charge in [0.2, 0.25) is 0 Å². The molecule has 6 fully saturated rings. The van der Waals surface area contributed by atoms with Gasteiger partial charge in [-0.2, -0.15) is 0 Å². The number of oxime groups is 1. The van der Waals surface area contributed by atoms with Gasteiger partial charge in [0, 0.05) is 31.7 Å². The lowest BCUT2D eigenvalue weighted by Crippen LogP contribution is -2.57. The van der Waals surface area contributed by atoms with Crippen LogP contribution in [0.3, 0.4) is 0 Å². The van der Waals surface area contributed by atoms with Crippen LogP contribution in [0.5, 0.6) is 0 Å². The molecular formula is C31H38N4O5. The summed E-state index contributed by atoms with van der Waals surface area (Å²) >= 11 is 0. The molecule has 4 bridgehead atoms. The zero-order chi connectivity index (χ0) is 27.4. The van der Waals surface area contributed by atoms with Gasteiger partial charge in [0.05, 0.1) is 24.1 Å². The van der Waals surface area contributed by atoms with Crippen LogP contribution in [0.15, 0.2) is 46.0 Å². The number of fused-ring (bicyclic) bond motifs is 3. The summed E-state index contributed by atoms with van der Waals surface area (Å²) < 4.78 is 6.96. The maximum atomic E-state index is 14.2. The van der Waals surface area contributed by atoms with E-state index >= 15 is 0 Å². The lowest BCUT2D eigenvalue weighted by Gasteiger charge is -2.63. The fourth-order valence-corrected chi connectivity index (χ4v) is 8.09.